The summed E-state index contributed by atoms with van der Waals surface area (Å²) in [7, 11) is 0. The Morgan fingerprint density at radius 3 is 2.33 bits per heavy atom. The van der Waals surface area contributed by atoms with Crippen LogP contribution in [-0.2, 0) is 16.0 Å². The Kier molecular flexibility index (Phi) is 4.09. The molecule has 1 fully saturated rings. The number of carbonyl (C=O) groups is 2. The van der Waals surface area contributed by atoms with Gasteiger partial charge in [-0.25, -0.2) is 0 Å². The minimum atomic E-state index is -0.348. The smallest absolute Gasteiger partial charge is 0.242 e. The van der Waals surface area contributed by atoms with Gasteiger partial charge in [-0.1, -0.05) is 29.3 Å². The van der Waals surface area contributed by atoms with Crippen LogP contribution in [0.4, 0.5) is 0 Å². The monoisotopic (exact) mass is 286 g/mol. The van der Waals surface area contributed by atoms with Crippen LogP contribution in [0.3, 0.4) is 0 Å². The van der Waals surface area contributed by atoms with Crippen molar-refractivity contribution in [2.24, 2.45) is 5.92 Å². The zero-order chi connectivity index (χ0) is 13.1. The molecule has 1 aromatic carbocycles. The van der Waals surface area contributed by atoms with Crippen LogP contribution in [0.25, 0.3) is 0 Å². The standard InChI is InChI=1S/C12H12Cl2N2O2/c13-9-2-1-3-10(14)8(9)6-11(17)15-16-12(18)7-4-5-7/h1-3,7H,4-6H2,(H,15,17)(H,16,18). The first-order valence-corrected chi connectivity index (χ1v) is 6.35. The first-order valence-electron chi connectivity index (χ1n) is 5.59. The molecule has 0 bridgehead atoms. The first-order chi connectivity index (χ1) is 8.58. The van der Waals surface area contributed by atoms with Crippen molar-refractivity contribution in [2.75, 3.05) is 0 Å². The number of nitrogens with one attached hydrogen (secondary N) is 2. The summed E-state index contributed by atoms with van der Waals surface area (Å²) in [5.74, 6) is -0.443. The van der Waals surface area contributed by atoms with Crippen LogP contribution in [0.2, 0.25) is 10.0 Å². The lowest BCUT2D eigenvalue weighted by molar-refractivity contribution is -0.129. The number of rotatable bonds is 3. The van der Waals surface area contributed by atoms with Gasteiger partial charge in [0.25, 0.3) is 0 Å². The highest BCUT2D eigenvalue weighted by molar-refractivity contribution is 6.36. The predicted molar refractivity (Wildman–Crippen MR) is 69.2 cm³/mol. The van der Waals surface area contributed by atoms with Crippen LogP contribution < -0.4 is 10.9 Å². The quantitative estimate of drug-likeness (QED) is 0.836. The Bertz CT molecular complexity index is 467. The van der Waals surface area contributed by atoms with Gasteiger partial charge in [0.05, 0.1) is 6.42 Å². The fraction of sp³-hybridized carbons (Fsp3) is 0.333. The van der Waals surface area contributed by atoms with Crippen LogP contribution >= 0.6 is 23.2 Å². The Morgan fingerprint density at radius 2 is 1.78 bits per heavy atom. The van der Waals surface area contributed by atoms with Crippen LogP contribution in [-0.4, -0.2) is 11.8 Å². The molecule has 1 aromatic rings. The summed E-state index contributed by atoms with van der Waals surface area (Å²) in [5.41, 5.74) is 5.28. The summed E-state index contributed by atoms with van der Waals surface area (Å²) in [5, 5.41) is 0.873. The number of benzene rings is 1. The molecule has 0 radical (unpaired) electrons. The Morgan fingerprint density at radius 1 is 1.17 bits per heavy atom. The van der Waals surface area contributed by atoms with Gasteiger partial charge < -0.3 is 0 Å². The molecule has 0 saturated heterocycles. The average molecular weight is 287 g/mol. The molecule has 96 valence electrons. The minimum Gasteiger partial charge on any atom is -0.273 e. The van der Waals surface area contributed by atoms with Gasteiger partial charge in [-0.15, -0.1) is 0 Å². The summed E-state index contributed by atoms with van der Waals surface area (Å²) in [4.78, 5) is 22.9. The lowest BCUT2D eigenvalue weighted by Gasteiger charge is -2.08. The summed E-state index contributed by atoms with van der Waals surface area (Å²) < 4.78 is 0. The zero-order valence-electron chi connectivity index (χ0n) is 9.50. The second kappa shape index (κ2) is 5.59. The molecule has 4 nitrogen and oxygen atoms in total. The topological polar surface area (TPSA) is 58.2 Å². The van der Waals surface area contributed by atoms with Crippen molar-refractivity contribution < 1.29 is 9.59 Å². The number of halogens is 2. The van der Waals surface area contributed by atoms with E-state index in [0.717, 1.165) is 12.8 Å². The van der Waals surface area contributed by atoms with Gasteiger partial charge in [0.1, 0.15) is 0 Å². The van der Waals surface area contributed by atoms with Gasteiger partial charge in [-0.05, 0) is 30.5 Å². The predicted octanol–water partition coefficient (Wildman–Crippen LogP) is 2.09. The van der Waals surface area contributed by atoms with E-state index in [-0.39, 0.29) is 24.2 Å². The maximum absolute atomic E-state index is 11.6. The van der Waals surface area contributed by atoms with E-state index >= 15 is 0 Å². The molecule has 1 aliphatic carbocycles. The molecule has 18 heavy (non-hydrogen) atoms. The number of hydrogen-bond acceptors (Lipinski definition) is 2. The van der Waals surface area contributed by atoms with Crippen molar-refractivity contribution in [1.82, 2.24) is 10.9 Å². The van der Waals surface area contributed by atoms with E-state index in [1.54, 1.807) is 18.2 Å². The first kappa shape index (κ1) is 13.2. The van der Waals surface area contributed by atoms with Crippen LogP contribution in [0.5, 0.6) is 0 Å². The molecule has 0 aliphatic heterocycles. The van der Waals surface area contributed by atoms with Gasteiger partial charge in [0, 0.05) is 16.0 Å². The van der Waals surface area contributed by atoms with Crippen molar-refractivity contribution in [3.05, 3.63) is 33.8 Å². The molecule has 0 heterocycles. The maximum atomic E-state index is 11.6. The minimum absolute atomic E-state index is 0.0312. The number of hydrazine groups is 1. The molecule has 2 rings (SSSR count). The molecule has 1 saturated carbocycles. The van der Waals surface area contributed by atoms with Gasteiger partial charge in [-0.2, -0.15) is 0 Å². The zero-order valence-corrected chi connectivity index (χ0v) is 11.0. The van der Waals surface area contributed by atoms with E-state index in [2.05, 4.69) is 10.9 Å². The van der Waals surface area contributed by atoms with Gasteiger partial charge in [0.15, 0.2) is 0 Å². The van der Waals surface area contributed by atoms with Crippen molar-refractivity contribution in [3.63, 3.8) is 0 Å². The Labute approximate surface area is 115 Å². The second-order valence-corrected chi connectivity index (χ2v) is 5.00. The lowest BCUT2D eigenvalue weighted by Crippen LogP contribution is -2.43. The average Bonchev–Trinajstić information content (AvgIpc) is 3.15. The summed E-state index contributed by atoms with van der Waals surface area (Å²) in [6.45, 7) is 0. The van der Waals surface area contributed by atoms with E-state index in [1.165, 1.54) is 0 Å². The maximum Gasteiger partial charge on any atom is 0.242 e. The number of amides is 2. The van der Waals surface area contributed by atoms with Crippen LogP contribution in [0, 0.1) is 5.92 Å². The summed E-state index contributed by atoms with van der Waals surface area (Å²) in [6, 6.07) is 5.04. The molecular weight excluding hydrogens is 275 g/mol. The molecule has 2 N–H and O–H groups in total. The van der Waals surface area contributed by atoms with Crippen molar-refractivity contribution in [1.29, 1.82) is 0 Å². The molecule has 2 amide bonds. The molecule has 0 unspecified atom stereocenters. The van der Waals surface area contributed by atoms with Crippen molar-refractivity contribution in [3.8, 4) is 0 Å². The fourth-order valence-electron chi connectivity index (χ4n) is 1.48. The van der Waals surface area contributed by atoms with E-state index in [1.807, 2.05) is 0 Å². The summed E-state index contributed by atoms with van der Waals surface area (Å²) in [6.07, 6.45) is 1.81. The van der Waals surface area contributed by atoms with E-state index in [0.29, 0.717) is 15.6 Å². The number of hydrogen-bond donors (Lipinski definition) is 2. The molecular formula is C12H12Cl2N2O2. The molecule has 0 atom stereocenters. The van der Waals surface area contributed by atoms with E-state index in [9.17, 15) is 9.59 Å². The van der Waals surface area contributed by atoms with E-state index in [4.69, 9.17) is 23.2 Å². The third-order valence-electron chi connectivity index (χ3n) is 2.67. The molecule has 1 aliphatic rings. The molecule has 0 spiro atoms. The molecule has 0 aromatic heterocycles. The van der Waals surface area contributed by atoms with Crippen molar-refractivity contribution in [2.45, 2.75) is 19.3 Å². The van der Waals surface area contributed by atoms with Crippen LogP contribution in [0.15, 0.2) is 18.2 Å². The third-order valence-corrected chi connectivity index (χ3v) is 3.38. The highest BCUT2D eigenvalue weighted by Crippen LogP contribution is 2.28. The van der Waals surface area contributed by atoms with E-state index < -0.39 is 0 Å². The summed E-state index contributed by atoms with van der Waals surface area (Å²) >= 11 is 11.9. The molecule has 6 heteroatoms. The van der Waals surface area contributed by atoms with Crippen molar-refractivity contribution >= 4 is 35.0 Å². The van der Waals surface area contributed by atoms with Gasteiger partial charge >= 0.3 is 0 Å². The third kappa shape index (κ3) is 3.37. The SMILES string of the molecule is O=C(Cc1c(Cl)cccc1Cl)NNC(=O)C1CC1. The number of carbonyl (C=O) groups excluding carboxylic acids is 2. The normalized spacial score (nSPS) is 14.1. The fourth-order valence-corrected chi connectivity index (χ4v) is 2.02. The van der Waals surface area contributed by atoms with Gasteiger partial charge in [-0.3, -0.25) is 20.4 Å². The second-order valence-electron chi connectivity index (χ2n) is 4.19. The van der Waals surface area contributed by atoms with Gasteiger partial charge in [0.2, 0.25) is 11.8 Å². The lowest BCUT2D eigenvalue weighted by atomic mass is 10.1. The highest BCUT2D eigenvalue weighted by atomic mass is 35.5. The van der Waals surface area contributed by atoms with Crippen LogP contribution in [0.1, 0.15) is 18.4 Å². The largest absolute Gasteiger partial charge is 0.273 e. The Hall–Kier alpha value is -1.26. The highest BCUT2D eigenvalue weighted by Gasteiger charge is 2.29. The Balaban J connectivity index is 1.88.